The maximum absolute atomic E-state index is 14.9. The third-order valence-electron chi connectivity index (χ3n) is 15.3. The van der Waals surface area contributed by atoms with Crippen LogP contribution in [0.4, 0.5) is 0 Å². The number of carbonyl (C=O) groups is 5. The fourth-order valence-electron chi connectivity index (χ4n) is 11.0. The largest absolute Gasteiger partial charge is 0.459 e. The second kappa shape index (κ2) is 29.2. The van der Waals surface area contributed by atoms with Gasteiger partial charge in [-0.25, -0.2) is 24.0 Å². The molecule has 2 saturated heterocycles. The molecule has 8 aromatic carbocycles. The fraction of sp³-hybridized carbons (Fsp3) is 0.254. The van der Waals surface area contributed by atoms with E-state index in [1.807, 2.05) is 91.0 Å². The lowest BCUT2D eigenvalue weighted by molar-refractivity contribution is -0.357. The minimum Gasteiger partial charge on any atom is -0.459 e. The molecule has 8 aromatic rings. The minimum atomic E-state index is -3.47. The first kappa shape index (κ1) is 62.1. The SMILES string of the molecule is CO[C@H]1O[C@H](COC(=O)c2ccccc2)[C@@H](O[C@@H]2O[C@H](CO[Si](c3ccccc3)(c3ccccc3)C(C)(C)C)[C@H](OC(=O)c3ccccc3)[C@H](OCc3ccccc3)[C@H]2OC(=O)c2ccccc2)[C@H](OC(=O)c2ccccc2)[C@@H]1OC(=O)c1ccccc1. The summed E-state index contributed by atoms with van der Waals surface area (Å²) in [7, 11) is -2.17. The standard InChI is InChI=1S/C71H68O16Si/c1-71(2,3)88(54-41-25-11-26-42-54,55-43-27-12-28-44-55)80-47-57-58(83-65(73)50-33-17-7-18-34-50)60(78-45-48-29-13-5-14-30-48)62(85-67(75)52-37-21-9-22-38-52)70(82-57)87-59-56(46-79-64(72)49-31-15-6-16-32-49)81-69(77-4)63(86-68(76)53-39-23-10-24-40-53)61(59)84-66(74)51-35-19-8-20-36-51/h5-44,56-63,69-70H,45-47H2,1-4H3/t56-,57-,58+,59-,60+,61+,62-,63+,69+,70+/m1/s1. The molecule has 0 amide bonds. The van der Waals surface area contributed by atoms with E-state index in [-0.39, 0.29) is 41.0 Å². The molecule has 2 heterocycles. The minimum absolute atomic E-state index is 0.114. The van der Waals surface area contributed by atoms with Crippen LogP contribution in [0.2, 0.25) is 5.04 Å². The van der Waals surface area contributed by atoms with Crippen molar-refractivity contribution < 1.29 is 75.8 Å². The maximum atomic E-state index is 14.9. The first-order chi connectivity index (χ1) is 42.8. The highest BCUT2D eigenvalue weighted by Gasteiger charge is 2.59. The normalized spacial score (nSPS) is 21.9. The highest BCUT2D eigenvalue weighted by Crippen LogP contribution is 2.40. The van der Waals surface area contributed by atoms with Gasteiger partial charge in [-0.1, -0.05) is 203 Å². The molecule has 10 rings (SSSR count). The van der Waals surface area contributed by atoms with E-state index >= 15 is 0 Å². The Kier molecular flexibility index (Phi) is 20.6. The van der Waals surface area contributed by atoms with Crippen LogP contribution in [0.25, 0.3) is 0 Å². The van der Waals surface area contributed by atoms with Crippen molar-refractivity contribution in [3.05, 3.63) is 276 Å². The van der Waals surface area contributed by atoms with E-state index in [0.717, 1.165) is 10.4 Å². The van der Waals surface area contributed by atoms with Gasteiger partial charge in [0.15, 0.2) is 37.0 Å². The number of carbonyl (C=O) groups excluding carboxylic acids is 5. The molecular formula is C71H68O16Si. The zero-order chi connectivity index (χ0) is 61.5. The third-order valence-corrected chi connectivity index (χ3v) is 20.3. The topological polar surface area (TPSA) is 187 Å². The summed E-state index contributed by atoms with van der Waals surface area (Å²) in [5.74, 6) is -4.06. The van der Waals surface area contributed by atoms with Crippen molar-refractivity contribution >= 4 is 48.5 Å². The van der Waals surface area contributed by atoms with E-state index in [9.17, 15) is 24.0 Å². The van der Waals surface area contributed by atoms with E-state index in [4.69, 9.17) is 51.8 Å². The number of hydrogen-bond donors (Lipinski definition) is 0. The van der Waals surface area contributed by atoms with Crippen LogP contribution in [0.3, 0.4) is 0 Å². The number of esters is 5. The lowest BCUT2D eigenvalue weighted by Gasteiger charge is -2.50. The summed E-state index contributed by atoms with van der Waals surface area (Å²) < 4.78 is 73.9. The van der Waals surface area contributed by atoms with Gasteiger partial charge < -0.3 is 51.8 Å². The third kappa shape index (κ3) is 14.7. The zero-order valence-electron chi connectivity index (χ0n) is 49.0. The predicted molar refractivity (Wildman–Crippen MR) is 327 cm³/mol. The number of hydrogen-bond acceptors (Lipinski definition) is 16. The Morgan fingerprint density at radius 3 is 1.14 bits per heavy atom. The van der Waals surface area contributed by atoms with Crippen molar-refractivity contribution in [2.24, 2.45) is 0 Å². The van der Waals surface area contributed by atoms with Crippen molar-refractivity contribution in [1.29, 1.82) is 0 Å². The van der Waals surface area contributed by atoms with Crippen molar-refractivity contribution in [2.45, 2.75) is 93.8 Å². The average Bonchev–Trinajstić information content (AvgIpc) is 0.830. The molecule has 16 nitrogen and oxygen atoms in total. The van der Waals surface area contributed by atoms with Crippen molar-refractivity contribution in [3.63, 3.8) is 0 Å². The Morgan fingerprint density at radius 1 is 0.386 bits per heavy atom. The lowest BCUT2D eigenvalue weighted by atomic mass is 9.95. The van der Waals surface area contributed by atoms with Gasteiger partial charge in [0, 0.05) is 7.11 Å². The lowest BCUT2D eigenvalue weighted by Crippen LogP contribution is -2.69. The summed E-state index contributed by atoms with van der Waals surface area (Å²) >= 11 is 0. The number of benzene rings is 8. The summed E-state index contributed by atoms with van der Waals surface area (Å²) in [5, 5.41) is 1.29. The molecular weight excluding hydrogens is 1140 g/mol. The van der Waals surface area contributed by atoms with E-state index in [1.54, 1.807) is 152 Å². The van der Waals surface area contributed by atoms with Crippen LogP contribution >= 0.6 is 0 Å². The molecule has 0 bridgehead atoms. The Labute approximate surface area is 512 Å². The number of ether oxygens (including phenoxy) is 10. The van der Waals surface area contributed by atoms with Gasteiger partial charge in [-0.15, -0.1) is 0 Å². The summed E-state index contributed by atoms with van der Waals surface area (Å²) in [6, 6.07) is 70.2. The first-order valence-electron chi connectivity index (χ1n) is 29.0. The molecule has 0 saturated carbocycles. The van der Waals surface area contributed by atoms with Crippen LogP contribution in [-0.2, 0) is 58.4 Å². The van der Waals surface area contributed by atoms with Gasteiger partial charge >= 0.3 is 29.8 Å². The monoisotopic (exact) mass is 1200 g/mol. The van der Waals surface area contributed by atoms with Crippen LogP contribution in [0, 0.1) is 0 Å². The Balaban J connectivity index is 1.15. The number of methoxy groups -OCH3 is 1. The molecule has 0 aromatic heterocycles. The number of rotatable bonds is 22. The summed E-state index contributed by atoms with van der Waals surface area (Å²) in [6.07, 6.45) is -15.7. The van der Waals surface area contributed by atoms with Crippen LogP contribution in [-0.4, -0.2) is 120 Å². The quantitative estimate of drug-likeness (QED) is 0.0354. The molecule has 0 spiro atoms. The molecule has 88 heavy (non-hydrogen) atoms. The van der Waals surface area contributed by atoms with Crippen LogP contribution < -0.4 is 10.4 Å². The van der Waals surface area contributed by atoms with Crippen LogP contribution in [0.5, 0.6) is 0 Å². The van der Waals surface area contributed by atoms with E-state index in [1.165, 1.54) is 7.11 Å². The zero-order valence-corrected chi connectivity index (χ0v) is 50.0. The van der Waals surface area contributed by atoms with Gasteiger partial charge in [0.2, 0.25) is 0 Å². The predicted octanol–water partition coefficient (Wildman–Crippen LogP) is 10.4. The van der Waals surface area contributed by atoms with E-state index in [0.29, 0.717) is 5.56 Å². The van der Waals surface area contributed by atoms with Gasteiger partial charge in [-0.2, -0.15) is 0 Å². The van der Waals surface area contributed by atoms with Crippen LogP contribution in [0.15, 0.2) is 243 Å². The molecule has 0 N–H and O–H groups in total. The smallest absolute Gasteiger partial charge is 0.338 e. The highest BCUT2D eigenvalue weighted by atomic mass is 28.4. The molecule has 0 radical (unpaired) electrons. The summed E-state index contributed by atoms with van der Waals surface area (Å²) in [4.78, 5) is 72.6. The molecule has 10 atom stereocenters. The molecule has 0 aliphatic carbocycles. The molecule has 2 aliphatic rings. The fourth-order valence-corrected chi connectivity index (χ4v) is 15.5. The average molecular weight is 1210 g/mol. The van der Waals surface area contributed by atoms with Crippen molar-refractivity contribution in [3.8, 4) is 0 Å². The van der Waals surface area contributed by atoms with Crippen molar-refractivity contribution in [2.75, 3.05) is 20.3 Å². The van der Waals surface area contributed by atoms with Gasteiger partial charge in [0.05, 0.1) is 41.0 Å². The molecule has 17 heteroatoms. The highest BCUT2D eigenvalue weighted by molar-refractivity contribution is 6.99. The van der Waals surface area contributed by atoms with Crippen LogP contribution in [0.1, 0.15) is 78.1 Å². The van der Waals surface area contributed by atoms with Gasteiger partial charge in [0.25, 0.3) is 8.32 Å². The van der Waals surface area contributed by atoms with E-state index in [2.05, 4.69) is 20.8 Å². The second-order valence-corrected chi connectivity index (χ2v) is 26.4. The summed E-state index contributed by atoms with van der Waals surface area (Å²) in [6.45, 7) is 5.36. The Bertz CT molecular complexity index is 3490. The Hall–Kier alpha value is -8.91. The summed E-state index contributed by atoms with van der Waals surface area (Å²) in [5.41, 5.74) is 1.51. The van der Waals surface area contributed by atoms with E-state index < -0.39 is 111 Å². The second-order valence-electron chi connectivity index (χ2n) is 22.1. The van der Waals surface area contributed by atoms with Gasteiger partial charge in [0.1, 0.15) is 31.0 Å². The molecule has 0 unspecified atom stereocenters. The molecule has 452 valence electrons. The molecule has 2 aliphatic heterocycles. The first-order valence-corrected chi connectivity index (χ1v) is 30.9. The maximum Gasteiger partial charge on any atom is 0.338 e. The molecule has 2 fully saturated rings. The van der Waals surface area contributed by atoms with Gasteiger partial charge in [-0.3, -0.25) is 0 Å². The van der Waals surface area contributed by atoms with Crippen molar-refractivity contribution in [1.82, 2.24) is 0 Å². The Morgan fingerprint density at radius 2 is 0.727 bits per heavy atom. The van der Waals surface area contributed by atoms with Gasteiger partial charge in [-0.05, 0) is 81.6 Å².